The lowest BCUT2D eigenvalue weighted by Gasteiger charge is -2.06. The maximum absolute atomic E-state index is 11.7. The summed E-state index contributed by atoms with van der Waals surface area (Å²) in [5.41, 5.74) is 3.35. The molecule has 2 N–H and O–H groups in total. The van der Waals surface area contributed by atoms with Gasteiger partial charge in [0.15, 0.2) is 0 Å². The van der Waals surface area contributed by atoms with Gasteiger partial charge in [0, 0.05) is 6.21 Å². The van der Waals surface area contributed by atoms with Gasteiger partial charge >= 0.3 is 11.8 Å². The maximum Gasteiger partial charge on any atom is 0.329 e. The SMILES string of the molecule is O=C(N/N=C\C=C\c1ccccc1)C(=O)Nc1cccc(Cl)c1Cl. The molecular weight excluding hydrogens is 349 g/mol. The van der Waals surface area contributed by atoms with Crippen LogP contribution in [0.4, 0.5) is 5.69 Å². The summed E-state index contributed by atoms with van der Waals surface area (Å²) < 4.78 is 0. The fourth-order valence-electron chi connectivity index (χ4n) is 1.69. The molecule has 0 aliphatic rings. The van der Waals surface area contributed by atoms with Crippen LogP contribution < -0.4 is 10.7 Å². The highest BCUT2D eigenvalue weighted by molar-refractivity contribution is 6.45. The molecule has 7 heteroatoms. The molecule has 2 amide bonds. The molecule has 0 bridgehead atoms. The zero-order valence-electron chi connectivity index (χ0n) is 12.4. The number of amides is 2. The second-order valence-corrected chi connectivity index (χ2v) is 5.33. The summed E-state index contributed by atoms with van der Waals surface area (Å²) in [6.07, 6.45) is 4.81. The number of rotatable bonds is 4. The molecule has 122 valence electrons. The van der Waals surface area contributed by atoms with Gasteiger partial charge in [-0.3, -0.25) is 9.59 Å². The van der Waals surface area contributed by atoms with E-state index in [1.54, 1.807) is 18.2 Å². The minimum atomic E-state index is -0.921. The normalized spacial score (nSPS) is 10.9. The summed E-state index contributed by atoms with van der Waals surface area (Å²) in [7, 11) is 0. The first kappa shape index (κ1) is 17.7. The van der Waals surface area contributed by atoms with Crippen LogP contribution in [-0.4, -0.2) is 18.0 Å². The summed E-state index contributed by atoms with van der Waals surface area (Å²) in [5.74, 6) is -1.82. The molecule has 0 atom stereocenters. The maximum atomic E-state index is 11.7. The number of nitrogens with one attached hydrogen (secondary N) is 2. The van der Waals surface area contributed by atoms with Crippen molar-refractivity contribution in [2.45, 2.75) is 0 Å². The molecule has 24 heavy (non-hydrogen) atoms. The smallest absolute Gasteiger partial charge is 0.316 e. The van der Waals surface area contributed by atoms with Crippen LogP contribution in [-0.2, 0) is 9.59 Å². The van der Waals surface area contributed by atoms with Crippen molar-refractivity contribution in [2.75, 3.05) is 5.32 Å². The van der Waals surface area contributed by atoms with Crippen molar-refractivity contribution in [1.29, 1.82) is 0 Å². The topological polar surface area (TPSA) is 70.6 Å². The number of hydrogen-bond acceptors (Lipinski definition) is 3. The van der Waals surface area contributed by atoms with Gasteiger partial charge < -0.3 is 5.32 Å². The van der Waals surface area contributed by atoms with Crippen LogP contribution in [0.15, 0.2) is 59.7 Å². The van der Waals surface area contributed by atoms with E-state index in [1.165, 1.54) is 12.3 Å². The molecule has 0 aliphatic carbocycles. The molecule has 5 nitrogen and oxygen atoms in total. The summed E-state index contributed by atoms with van der Waals surface area (Å²) in [6.45, 7) is 0. The van der Waals surface area contributed by atoms with Crippen molar-refractivity contribution in [3.8, 4) is 0 Å². The Morgan fingerprint density at radius 1 is 0.958 bits per heavy atom. The van der Waals surface area contributed by atoms with E-state index in [4.69, 9.17) is 23.2 Å². The zero-order chi connectivity index (χ0) is 17.4. The van der Waals surface area contributed by atoms with Crippen LogP contribution in [0.5, 0.6) is 0 Å². The van der Waals surface area contributed by atoms with Gasteiger partial charge in [-0.25, -0.2) is 5.43 Å². The van der Waals surface area contributed by atoms with Crippen LogP contribution in [0.3, 0.4) is 0 Å². The van der Waals surface area contributed by atoms with Crippen LogP contribution >= 0.6 is 23.2 Å². The average Bonchev–Trinajstić information content (AvgIpc) is 2.59. The second kappa shape index (κ2) is 8.86. The molecule has 0 radical (unpaired) electrons. The van der Waals surface area contributed by atoms with Crippen LogP contribution in [0.1, 0.15) is 5.56 Å². The molecule has 0 unspecified atom stereocenters. The summed E-state index contributed by atoms with van der Waals surface area (Å²) in [4.78, 5) is 23.4. The molecule has 2 rings (SSSR count). The number of nitrogens with zero attached hydrogens (tertiary/aromatic N) is 1. The molecule has 2 aromatic carbocycles. The molecule has 0 heterocycles. The van der Waals surface area contributed by atoms with Gasteiger partial charge in [0.05, 0.1) is 15.7 Å². The zero-order valence-corrected chi connectivity index (χ0v) is 13.9. The van der Waals surface area contributed by atoms with E-state index >= 15 is 0 Å². The number of benzene rings is 2. The number of hydrogen-bond donors (Lipinski definition) is 2. The second-order valence-electron chi connectivity index (χ2n) is 4.54. The number of anilines is 1. The summed E-state index contributed by atoms with van der Waals surface area (Å²) in [5, 5.41) is 6.45. The Morgan fingerprint density at radius 2 is 1.71 bits per heavy atom. The molecule has 2 aromatic rings. The lowest BCUT2D eigenvalue weighted by Crippen LogP contribution is -2.32. The number of carbonyl (C=O) groups excluding carboxylic acids is 2. The van der Waals surface area contributed by atoms with Gasteiger partial charge in [-0.05, 0) is 23.8 Å². The largest absolute Gasteiger partial charge is 0.329 e. The fourth-order valence-corrected chi connectivity index (χ4v) is 2.04. The predicted molar refractivity (Wildman–Crippen MR) is 97.2 cm³/mol. The molecule has 0 aliphatic heterocycles. The van der Waals surface area contributed by atoms with Gasteiger partial charge in [0.25, 0.3) is 0 Å². The van der Waals surface area contributed by atoms with Crippen molar-refractivity contribution in [3.63, 3.8) is 0 Å². The van der Waals surface area contributed by atoms with Gasteiger partial charge in [-0.2, -0.15) is 5.10 Å². The van der Waals surface area contributed by atoms with Gasteiger partial charge in [0.2, 0.25) is 0 Å². The van der Waals surface area contributed by atoms with E-state index in [2.05, 4.69) is 15.8 Å². The van der Waals surface area contributed by atoms with Gasteiger partial charge in [-0.1, -0.05) is 65.7 Å². The third-order valence-electron chi connectivity index (χ3n) is 2.82. The van der Waals surface area contributed by atoms with Crippen molar-refractivity contribution >= 4 is 53.0 Å². The quantitative estimate of drug-likeness (QED) is 0.494. The van der Waals surface area contributed by atoms with Gasteiger partial charge in [0.1, 0.15) is 0 Å². The van der Waals surface area contributed by atoms with Crippen molar-refractivity contribution in [3.05, 3.63) is 70.2 Å². The number of carbonyl (C=O) groups is 2. The fraction of sp³-hybridized carbons (Fsp3) is 0. The number of halogens is 2. The Bertz CT molecular complexity index is 790. The molecule has 0 fully saturated rings. The minimum Gasteiger partial charge on any atom is -0.316 e. The van der Waals surface area contributed by atoms with Gasteiger partial charge in [-0.15, -0.1) is 0 Å². The van der Waals surface area contributed by atoms with E-state index in [0.29, 0.717) is 0 Å². The van der Waals surface area contributed by atoms with Crippen molar-refractivity contribution in [1.82, 2.24) is 5.43 Å². The van der Waals surface area contributed by atoms with Crippen LogP contribution in [0.2, 0.25) is 10.0 Å². The predicted octanol–water partition coefficient (Wildman–Crippen LogP) is 3.75. The molecule has 0 spiro atoms. The highest BCUT2D eigenvalue weighted by Crippen LogP contribution is 2.29. The van der Waals surface area contributed by atoms with E-state index in [1.807, 2.05) is 36.4 Å². The average molecular weight is 362 g/mol. The minimum absolute atomic E-state index is 0.162. The number of allylic oxidation sites excluding steroid dienone is 1. The van der Waals surface area contributed by atoms with Crippen LogP contribution in [0.25, 0.3) is 6.08 Å². The standard InChI is InChI=1S/C17H13Cl2N3O2/c18-13-9-4-10-14(15(13)19)21-16(23)17(24)22-20-11-5-8-12-6-2-1-3-7-12/h1-11H,(H,21,23)(H,22,24)/b8-5+,20-11-. The Hall–Kier alpha value is -2.63. The summed E-state index contributed by atoms with van der Waals surface area (Å²) in [6, 6.07) is 14.3. The Labute approximate surface area is 149 Å². The molecule has 0 saturated carbocycles. The highest BCUT2D eigenvalue weighted by Gasteiger charge is 2.15. The van der Waals surface area contributed by atoms with Crippen molar-refractivity contribution in [2.24, 2.45) is 5.10 Å². The lowest BCUT2D eigenvalue weighted by molar-refractivity contribution is -0.136. The first-order chi connectivity index (χ1) is 11.6. The summed E-state index contributed by atoms with van der Waals surface area (Å²) >= 11 is 11.8. The first-order valence-corrected chi connectivity index (χ1v) is 7.63. The Balaban J connectivity index is 1.85. The molecular formula is C17H13Cl2N3O2. The van der Waals surface area contributed by atoms with E-state index in [9.17, 15) is 9.59 Å². The monoisotopic (exact) mass is 361 g/mol. The van der Waals surface area contributed by atoms with E-state index in [-0.39, 0.29) is 15.7 Å². The Morgan fingerprint density at radius 3 is 2.46 bits per heavy atom. The third-order valence-corrected chi connectivity index (χ3v) is 3.64. The number of hydrazone groups is 1. The molecule has 0 saturated heterocycles. The lowest BCUT2D eigenvalue weighted by atomic mass is 10.2. The Kier molecular flexibility index (Phi) is 6.54. The van der Waals surface area contributed by atoms with E-state index in [0.717, 1.165) is 5.56 Å². The first-order valence-electron chi connectivity index (χ1n) is 6.88. The van der Waals surface area contributed by atoms with E-state index < -0.39 is 11.8 Å². The highest BCUT2D eigenvalue weighted by atomic mass is 35.5. The third kappa shape index (κ3) is 5.22. The van der Waals surface area contributed by atoms with Crippen molar-refractivity contribution < 1.29 is 9.59 Å². The molecule has 0 aromatic heterocycles. The van der Waals surface area contributed by atoms with Crippen LogP contribution in [0, 0.1) is 0 Å².